The van der Waals surface area contributed by atoms with E-state index in [-0.39, 0.29) is 17.6 Å². The number of likely N-dealkylation sites (tertiary alicyclic amines) is 1. The zero-order valence-corrected chi connectivity index (χ0v) is 15.7. The Labute approximate surface area is 162 Å². The molecule has 28 heavy (non-hydrogen) atoms. The molecule has 0 bridgehead atoms. The molecule has 0 radical (unpaired) electrons. The average molecular weight is 376 g/mol. The molecule has 1 aliphatic heterocycles. The molecule has 3 aromatic rings. The van der Waals surface area contributed by atoms with E-state index in [0.717, 1.165) is 16.9 Å². The molecule has 1 aliphatic rings. The van der Waals surface area contributed by atoms with E-state index in [4.69, 9.17) is 4.74 Å². The maximum absolute atomic E-state index is 12.6. The Hall–Kier alpha value is -3.48. The fourth-order valence-corrected chi connectivity index (χ4v) is 3.20. The number of para-hydroxylation sites is 1. The second-order valence-corrected chi connectivity index (χ2v) is 6.89. The standard InChI is InChI=1S/C21H20N4O3/c1-13-5-3-6-14(2)18(13)28-16-11-25(12-16)21(27)17-10-23-19(24-20(17)26)15-7-4-8-22-9-15/h3-10,16H,11-12H2,1-2H3,(H,23,24,26). The van der Waals surface area contributed by atoms with Gasteiger partial charge in [0.15, 0.2) is 0 Å². The first-order valence-electron chi connectivity index (χ1n) is 9.05. The molecule has 4 rings (SSSR count). The van der Waals surface area contributed by atoms with Crippen molar-refractivity contribution in [2.45, 2.75) is 20.0 Å². The van der Waals surface area contributed by atoms with Gasteiger partial charge >= 0.3 is 0 Å². The molecule has 0 unspecified atom stereocenters. The second kappa shape index (κ2) is 7.26. The van der Waals surface area contributed by atoms with Crippen molar-refractivity contribution in [1.29, 1.82) is 0 Å². The summed E-state index contributed by atoms with van der Waals surface area (Å²) in [6, 6.07) is 9.53. The molecule has 0 spiro atoms. The Bertz CT molecular complexity index is 1050. The molecule has 1 fully saturated rings. The number of carbonyl (C=O) groups excluding carboxylic acids is 1. The highest BCUT2D eigenvalue weighted by Crippen LogP contribution is 2.26. The summed E-state index contributed by atoms with van der Waals surface area (Å²) in [6.07, 6.45) is 4.49. The van der Waals surface area contributed by atoms with Crippen LogP contribution in [0.4, 0.5) is 0 Å². The lowest BCUT2D eigenvalue weighted by molar-refractivity contribution is 0.0171. The van der Waals surface area contributed by atoms with E-state index in [2.05, 4.69) is 15.0 Å². The number of hydrogen-bond acceptors (Lipinski definition) is 5. The molecule has 1 aromatic carbocycles. The maximum atomic E-state index is 12.6. The Morgan fingerprint density at radius 2 is 1.89 bits per heavy atom. The van der Waals surface area contributed by atoms with E-state index in [1.165, 1.54) is 6.20 Å². The number of ether oxygens (including phenoxy) is 1. The van der Waals surface area contributed by atoms with Crippen LogP contribution in [-0.2, 0) is 0 Å². The number of aryl methyl sites for hydroxylation is 2. The summed E-state index contributed by atoms with van der Waals surface area (Å²) >= 11 is 0. The summed E-state index contributed by atoms with van der Waals surface area (Å²) in [7, 11) is 0. The molecule has 7 heteroatoms. The monoisotopic (exact) mass is 376 g/mol. The van der Waals surface area contributed by atoms with Gasteiger partial charge < -0.3 is 14.6 Å². The molecule has 3 heterocycles. The lowest BCUT2D eigenvalue weighted by Gasteiger charge is -2.39. The van der Waals surface area contributed by atoms with Crippen molar-refractivity contribution >= 4 is 5.91 Å². The van der Waals surface area contributed by atoms with Crippen molar-refractivity contribution in [2.75, 3.05) is 13.1 Å². The molecule has 0 aliphatic carbocycles. The Morgan fingerprint density at radius 3 is 2.54 bits per heavy atom. The summed E-state index contributed by atoms with van der Waals surface area (Å²) in [5.41, 5.74) is 2.38. The molecule has 0 saturated carbocycles. The molecule has 7 nitrogen and oxygen atoms in total. The summed E-state index contributed by atoms with van der Waals surface area (Å²) < 4.78 is 6.03. The number of pyridine rings is 1. The van der Waals surface area contributed by atoms with Gasteiger partial charge in [-0.25, -0.2) is 4.98 Å². The van der Waals surface area contributed by atoms with Gasteiger partial charge in [0.1, 0.15) is 23.2 Å². The van der Waals surface area contributed by atoms with Gasteiger partial charge in [-0.05, 0) is 37.1 Å². The Morgan fingerprint density at radius 1 is 1.14 bits per heavy atom. The number of benzene rings is 1. The van der Waals surface area contributed by atoms with Crippen molar-refractivity contribution in [1.82, 2.24) is 19.9 Å². The van der Waals surface area contributed by atoms with Crippen LogP contribution in [0.15, 0.2) is 53.7 Å². The first kappa shape index (κ1) is 17.9. The predicted molar refractivity (Wildman–Crippen MR) is 104 cm³/mol. The molecule has 1 N–H and O–H groups in total. The Balaban J connectivity index is 1.43. The number of amides is 1. The third kappa shape index (κ3) is 3.38. The third-order valence-corrected chi connectivity index (χ3v) is 4.79. The molecular formula is C21H20N4O3. The SMILES string of the molecule is Cc1cccc(C)c1OC1CN(C(=O)c2cnc(-c3cccnc3)[nH]c2=O)C1. The minimum atomic E-state index is -0.460. The lowest BCUT2D eigenvalue weighted by Crippen LogP contribution is -2.57. The van der Waals surface area contributed by atoms with Crippen molar-refractivity contribution in [3.05, 3.63) is 76.0 Å². The number of nitrogens with zero attached hydrogens (tertiary/aromatic N) is 3. The number of hydrogen-bond donors (Lipinski definition) is 1. The van der Waals surface area contributed by atoms with E-state index in [9.17, 15) is 9.59 Å². The molecule has 1 amide bonds. The van der Waals surface area contributed by atoms with E-state index in [0.29, 0.717) is 24.5 Å². The van der Waals surface area contributed by atoms with E-state index >= 15 is 0 Å². The van der Waals surface area contributed by atoms with Gasteiger partial charge in [-0.3, -0.25) is 14.6 Å². The quantitative estimate of drug-likeness (QED) is 0.755. The minimum absolute atomic E-state index is 0.0261. The first-order chi connectivity index (χ1) is 13.5. The zero-order chi connectivity index (χ0) is 19.7. The smallest absolute Gasteiger partial charge is 0.264 e. The Kier molecular flexibility index (Phi) is 4.65. The molecule has 0 atom stereocenters. The number of rotatable bonds is 4. The zero-order valence-electron chi connectivity index (χ0n) is 15.7. The van der Waals surface area contributed by atoms with Crippen LogP contribution >= 0.6 is 0 Å². The highest BCUT2D eigenvalue weighted by atomic mass is 16.5. The van der Waals surface area contributed by atoms with Crippen LogP contribution in [0.2, 0.25) is 0 Å². The van der Waals surface area contributed by atoms with Crippen LogP contribution in [0.1, 0.15) is 21.5 Å². The van der Waals surface area contributed by atoms with Gasteiger partial charge in [0, 0.05) is 24.2 Å². The van der Waals surface area contributed by atoms with Gasteiger partial charge in [0.25, 0.3) is 11.5 Å². The van der Waals surface area contributed by atoms with Crippen LogP contribution in [0, 0.1) is 13.8 Å². The highest BCUT2D eigenvalue weighted by Gasteiger charge is 2.34. The number of aromatic nitrogens is 3. The molecular weight excluding hydrogens is 356 g/mol. The molecule has 142 valence electrons. The maximum Gasteiger partial charge on any atom is 0.264 e. The van der Waals surface area contributed by atoms with Crippen molar-refractivity contribution in [2.24, 2.45) is 0 Å². The van der Waals surface area contributed by atoms with Gasteiger partial charge in [-0.2, -0.15) is 0 Å². The van der Waals surface area contributed by atoms with Crippen LogP contribution < -0.4 is 10.3 Å². The minimum Gasteiger partial charge on any atom is -0.486 e. The molecule has 1 saturated heterocycles. The van der Waals surface area contributed by atoms with Gasteiger partial charge in [0.2, 0.25) is 0 Å². The van der Waals surface area contributed by atoms with E-state index in [1.54, 1.807) is 29.4 Å². The van der Waals surface area contributed by atoms with Gasteiger partial charge in [-0.15, -0.1) is 0 Å². The number of nitrogens with one attached hydrogen (secondary N) is 1. The number of aromatic amines is 1. The predicted octanol–water partition coefficient (Wildman–Crippen LogP) is 2.35. The van der Waals surface area contributed by atoms with Crippen molar-refractivity contribution in [3.8, 4) is 17.1 Å². The first-order valence-corrected chi connectivity index (χ1v) is 9.05. The van der Waals surface area contributed by atoms with E-state index < -0.39 is 5.56 Å². The van der Waals surface area contributed by atoms with Crippen LogP contribution in [0.25, 0.3) is 11.4 Å². The van der Waals surface area contributed by atoms with Crippen LogP contribution in [0.5, 0.6) is 5.75 Å². The van der Waals surface area contributed by atoms with Gasteiger partial charge in [0.05, 0.1) is 13.1 Å². The highest BCUT2D eigenvalue weighted by molar-refractivity contribution is 5.94. The normalized spacial score (nSPS) is 13.9. The van der Waals surface area contributed by atoms with E-state index in [1.807, 2.05) is 32.0 Å². The summed E-state index contributed by atoms with van der Waals surface area (Å²) in [5, 5.41) is 0. The van der Waals surface area contributed by atoms with Crippen molar-refractivity contribution < 1.29 is 9.53 Å². The number of H-pyrrole nitrogens is 1. The summed E-state index contributed by atoms with van der Waals surface area (Å²) in [4.78, 5) is 37.5. The van der Waals surface area contributed by atoms with Crippen LogP contribution in [-0.4, -0.2) is 45.0 Å². The summed E-state index contributed by atoms with van der Waals surface area (Å²) in [5.74, 6) is 0.905. The second-order valence-electron chi connectivity index (χ2n) is 6.89. The number of carbonyl (C=O) groups is 1. The fourth-order valence-electron chi connectivity index (χ4n) is 3.20. The lowest BCUT2D eigenvalue weighted by atomic mass is 10.1. The largest absolute Gasteiger partial charge is 0.486 e. The fraction of sp³-hybridized carbons (Fsp3) is 0.238. The third-order valence-electron chi connectivity index (χ3n) is 4.79. The molecule has 2 aromatic heterocycles. The summed E-state index contributed by atoms with van der Waals surface area (Å²) in [6.45, 7) is 4.88. The van der Waals surface area contributed by atoms with Crippen molar-refractivity contribution in [3.63, 3.8) is 0 Å². The van der Waals surface area contributed by atoms with Gasteiger partial charge in [-0.1, -0.05) is 18.2 Å². The average Bonchev–Trinajstić information content (AvgIpc) is 2.66. The van der Waals surface area contributed by atoms with Crippen LogP contribution in [0.3, 0.4) is 0 Å². The topological polar surface area (TPSA) is 88.2 Å².